The van der Waals surface area contributed by atoms with Crippen LogP contribution >= 0.6 is 0 Å². The van der Waals surface area contributed by atoms with E-state index in [-0.39, 0.29) is 11.4 Å². The number of aromatic nitrogens is 1. The largest absolute Gasteiger partial charge is 0.394 e. The lowest BCUT2D eigenvalue weighted by atomic mass is 9.87. The molecule has 142 valence electrons. The number of carbonyl (C=O) groups is 2. The van der Waals surface area contributed by atoms with Crippen LogP contribution in [-0.4, -0.2) is 41.7 Å². The first-order valence-electron chi connectivity index (χ1n) is 7.78. The third-order valence-corrected chi connectivity index (χ3v) is 4.08. The van der Waals surface area contributed by atoms with Gasteiger partial charge in [0, 0.05) is 0 Å². The summed E-state index contributed by atoms with van der Waals surface area (Å²) in [5.41, 5.74) is 2.28. The molecule has 1 aromatic heterocycles. The molecule has 0 fully saturated rings. The van der Waals surface area contributed by atoms with Crippen molar-refractivity contribution in [1.29, 1.82) is 0 Å². The lowest BCUT2D eigenvalue weighted by Gasteiger charge is -2.29. The smallest absolute Gasteiger partial charge is 0.270 e. The van der Waals surface area contributed by atoms with E-state index in [1.807, 2.05) is 0 Å². The van der Waals surface area contributed by atoms with Gasteiger partial charge in [-0.1, -0.05) is 12.1 Å². The number of amides is 2. The van der Waals surface area contributed by atoms with E-state index >= 15 is 0 Å². The summed E-state index contributed by atoms with van der Waals surface area (Å²) in [6, 6.07) is 4.33. The molecule has 1 aromatic carbocycles. The number of aliphatic hydroxyl groups excluding tert-OH is 1. The molecular formula is C17H14F3N3O4. The first-order valence-corrected chi connectivity index (χ1v) is 7.78. The number of hydrogen-bond donors (Lipinski definition) is 2. The van der Waals surface area contributed by atoms with Gasteiger partial charge in [0.25, 0.3) is 5.91 Å². The molecule has 2 heterocycles. The van der Waals surface area contributed by atoms with Gasteiger partial charge in [-0.3, -0.25) is 14.5 Å². The molecule has 1 aliphatic rings. The predicted octanol–water partition coefficient (Wildman–Crippen LogP) is 0.583. The van der Waals surface area contributed by atoms with Crippen molar-refractivity contribution in [3.05, 3.63) is 59.0 Å². The maximum Gasteiger partial charge on any atom is 0.270 e. The van der Waals surface area contributed by atoms with Gasteiger partial charge < -0.3 is 15.6 Å². The number of aliphatic hydroxyl groups is 1. The molecular weight excluding hydrogens is 367 g/mol. The van der Waals surface area contributed by atoms with Crippen LogP contribution < -0.4 is 10.6 Å². The molecule has 0 aliphatic carbocycles. The van der Waals surface area contributed by atoms with E-state index in [1.54, 1.807) is 0 Å². The van der Waals surface area contributed by atoms with Crippen LogP contribution in [0.2, 0.25) is 0 Å². The number of nitrogens with two attached hydrogens (primary N) is 1. The minimum atomic E-state index is -2.26. The minimum absolute atomic E-state index is 0.0260. The molecule has 10 heteroatoms. The van der Waals surface area contributed by atoms with Crippen molar-refractivity contribution in [3.8, 4) is 0 Å². The zero-order valence-electron chi connectivity index (χ0n) is 13.8. The zero-order chi connectivity index (χ0) is 19.8. The molecule has 0 unspecified atom stereocenters. The van der Waals surface area contributed by atoms with Crippen LogP contribution in [0, 0.1) is 17.5 Å². The van der Waals surface area contributed by atoms with Crippen LogP contribution in [0.25, 0.3) is 0 Å². The summed E-state index contributed by atoms with van der Waals surface area (Å²) < 4.78 is 47.5. The summed E-state index contributed by atoms with van der Waals surface area (Å²) in [5, 5.41) is 9.13. The third-order valence-electron chi connectivity index (χ3n) is 4.08. The van der Waals surface area contributed by atoms with Gasteiger partial charge in [-0.25, -0.2) is 18.2 Å². The summed E-state index contributed by atoms with van der Waals surface area (Å²) in [6.45, 7) is -1.62. The van der Waals surface area contributed by atoms with Gasteiger partial charge >= 0.3 is 0 Å². The quantitative estimate of drug-likeness (QED) is 0.762. The zero-order valence-corrected chi connectivity index (χ0v) is 13.8. The van der Waals surface area contributed by atoms with Crippen LogP contribution in [-0.2, 0) is 19.9 Å². The number of benzene rings is 1. The Morgan fingerprint density at radius 2 is 1.93 bits per heavy atom. The van der Waals surface area contributed by atoms with E-state index < -0.39 is 60.2 Å². The molecule has 1 atom stereocenters. The number of carbonyl (C=O) groups excluding carboxylic acids is 2. The molecule has 2 aromatic rings. The van der Waals surface area contributed by atoms with Crippen LogP contribution in [0.15, 0.2) is 30.5 Å². The van der Waals surface area contributed by atoms with E-state index in [1.165, 1.54) is 0 Å². The van der Waals surface area contributed by atoms with Gasteiger partial charge in [0.05, 0.1) is 25.0 Å². The summed E-state index contributed by atoms with van der Waals surface area (Å²) >= 11 is 0. The highest BCUT2D eigenvalue weighted by Gasteiger charge is 2.57. The first kappa shape index (κ1) is 18.8. The molecule has 1 aliphatic heterocycles. The molecule has 3 rings (SSSR count). The average molecular weight is 381 g/mol. The normalized spacial score (nSPS) is 18.7. The van der Waals surface area contributed by atoms with E-state index in [2.05, 4.69) is 4.98 Å². The van der Waals surface area contributed by atoms with Crippen molar-refractivity contribution in [2.75, 3.05) is 24.7 Å². The van der Waals surface area contributed by atoms with Gasteiger partial charge in [0.2, 0.25) is 11.5 Å². The Kier molecular flexibility index (Phi) is 4.85. The fourth-order valence-corrected chi connectivity index (χ4v) is 3.04. The number of pyridine rings is 1. The van der Waals surface area contributed by atoms with Gasteiger partial charge in [0.15, 0.2) is 11.6 Å². The lowest BCUT2D eigenvalue weighted by Crippen LogP contribution is -2.46. The second-order valence-electron chi connectivity index (χ2n) is 5.74. The van der Waals surface area contributed by atoms with Crippen molar-refractivity contribution in [2.45, 2.75) is 5.60 Å². The predicted molar refractivity (Wildman–Crippen MR) is 85.9 cm³/mol. The van der Waals surface area contributed by atoms with Crippen molar-refractivity contribution in [1.82, 2.24) is 4.98 Å². The van der Waals surface area contributed by atoms with Crippen molar-refractivity contribution < 1.29 is 32.6 Å². The topological polar surface area (TPSA) is 106 Å². The maximum atomic E-state index is 14.7. The summed E-state index contributed by atoms with van der Waals surface area (Å²) in [6.07, 6.45) is 0.558. The first-order chi connectivity index (χ1) is 12.8. The van der Waals surface area contributed by atoms with Gasteiger partial charge in [-0.05, 0) is 17.7 Å². The maximum absolute atomic E-state index is 14.7. The van der Waals surface area contributed by atoms with Crippen molar-refractivity contribution in [2.24, 2.45) is 5.73 Å². The summed E-state index contributed by atoms with van der Waals surface area (Å²) in [4.78, 5) is 29.0. The Balaban J connectivity index is 2.32. The molecule has 0 saturated carbocycles. The SMILES string of the molecule is NC(=O)CN1C(=O)[C@](OCCO)(c2ccc(F)cc2)c2c1ncc(F)c2F. The van der Waals surface area contributed by atoms with Crippen molar-refractivity contribution >= 4 is 17.6 Å². The van der Waals surface area contributed by atoms with E-state index in [9.17, 15) is 22.8 Å². The Morgan fingerprint density at radius 3 is 2.52 bits per heavy atom. The number of primary amides is 1. The number of fused-ring (bicyclic) bond motifs is 1. The second kappa shape index (κ2) is 6.97. The fourth-order valence-electron chi connectivity index (χ4n) is 3.04. The number of rotatable bonds is 6. The average Bonchev–Trinajstić information content (AvgIpc) is 2.86. The Hall–Kier alpha value is -2.98. The van der Waals surface area contributed by atoms with E-state index in [0.717, 1.165) is 29.2 Å². The lowest BCUT2D eigenvalue weighted by molar-refractivity contribution is -0.140. The fraction of sp³-hybridized carbons (Fsp3) is 0.235. The monoisotopic (exact) mass is 381 g/mol. The second-order valence-corrected chi connectivity index (χ2v) is 5.74. The number of ether oxygens (including phenoxy) is 1. The Bertz CT molecular complexity index is 907. The Labute approximate surface area is 151 Å². The molecule has 7 nitrogen and oxygen atoms in total. The number of hydrogen-bond acceptors (Lipinski definition) is 5. The molecule has 27 heavy (non-hydrogen) atoms. The third kappa shape index (κ3) is 2.92. The van der Waals surface area contributed by atoms with Gasteiger partial charge in [0.1, 0.15) is 18.2 Å². The number of nitrogens with zero attached hydrogens (tertiary/aromatic N) is 2. The number of anilines is 1. The van der Waals surface area contributed by atoms with Gasteiger partial charge in [-0.15, -0.1) is 0 Å². The van der Waals surface area contributed by atoms with Gasteiger partial charge in [-0.2, -0.15) is 0 Å². The standard InChI is InChI=1S/C17H14F3N3O4/c18-10-3-1-9(2-4-10)17(27-6-5-24)13-14(20)11(19)7-22-15(13)23(16(17)26)8-12(21)25/h1-4,7,24H,5-6,8H2,(H2,21,25)/t17-/m0/s1. The Morgan fingerprint density at radius 1 is 1.26 bits per heavy atom. The molecule has 0 spiro atoms. The molecule has 0 saturated heterocycles. The van der Waals surface area contributed by atoms with Crippen LogP contribution in [0.4, 0.5) is 19.0 Å². The number of halogens is 3. The molecule has 3 N–H and O–H groups in total. The van der Waals surface area contributed by atoms with Crippen LogP contribution in [0.5, 0.6) is 0 Å². The highest BCUT2D eigenvalue weighted by Crippen LogP contribution is 2.47. The highest BCUT2D eigenvalue weighted by molar-refractivity contribution is 6.10. The van der Waals surface area contributed by atoms with Crippen LogP contribution in [0.3, 0.4) is 0 Å². The summed E-state index contributed by atoms with van der Waals surface area (Å²) in [7, 11) is 0. The van der Waals surface area contributed by atoms with E-state index in [4.69, 9.17) is 15.6 Å². The van der Waals surface area contributed by atoms with E-state index in [0.29, 0.717) is 6.20 Å². The van der Waals surface area contributed by atoms with Crippen molar-refractivity contribution in [3.63, 3.8) is 0 Å². The van der Waals surface area contributed by atoms with Crippen LogP contribution in [0.1, 0.15) is 11.1 Å². The minimum Gasteiger partial charge on any atom is -0.394 e. The highest BCUT2D eigenvalue weighted by atomic mass is 19.2. The molecule has 0 radical (unpaired) electrons. The summed E-state index contributed by atoms with van der Waals surface area (Å²) in [5.74, 6) is -5.62. The molecule has 2 amide bonds. The molecule has 0 bridgehead atoms.